The molecule has 0 radical (unpaired) electrons. The van der Waals surface area contributed by atoms with E-state index in [0.717, 1.165) is 12.0 Å². The topological polar surface area (TPSA) is 98.1 Å². The standard InChI is InChI=1S/C27H27FN2O6/c1-4-17(3)29-27(33)24-10-7-19(36-24)13-30-21-12-18(6-9-23(21)35-15-26(30)32)22(31)14-34-25-11-16(2)5-8-20(25)28/h5-12,17H,4,13-15H2,1-3H3,(H,29,33)/t17-/m0/s1. The molecular formula is C27H27FN2O6. The average Bonchev–Trinajstić information content (AvgIpc) is 3.34. The molecule has 8 nitrogen and oxygen atoms in total. The maximum Gasteiger partial charge on any atom is 0.287 e. The van der Waals surface area contributed by atoms with E-state index in [2.05, 4.69) is 5.32 Å². The van der Waals surface area contributed by atoms with Gasteiger partial charge in [-0.1, -0.05) is 13.0 Å². The highest BCUT2D eigenvalue weighted by molar-refractivity contribution is 6.02. The summed E-state index contributed by atoms with van der Waals surface area (Å²) in [6.07, 6.45) is 0.782. The summed E-state index contributed by atoms with van der Waals surface area (Å²) < 4.78 is 30.5. The number of hydrogen-bond acceptors (Lipinski definition) is 6. The molecule has 0 fully saturated rings. The molecule has 3 aromatic rings. The molecule has 4 rings (SSSR count). The molecule has 188 valence electrons. The number of ether oxygens (including phenoxy) is 2. The van der Waals surface area contributed by atoms with Crippen LogP contribution < -0.4 is 19.7 Å². The third-order valence-corrected chi connectivity index (χ3v) is 5.86. The summed E-state index contributed by atoms with van der Waals surface area (Å²) in [4.78, 5) is 39.2. The van der Waals surface area contributed by atoms with Crippen LogP contribution in [0.25, 0.3) is 0 Å². The van der Waals surface area contributed by atoms with Crippen molar-refractivity contribution in [2.24, 2.45) is 0 Å². The molecule has 0 saturated carbocycles. The fourth-order valence-corrected chi connectivity index (χ4v) is 3.63. The zero-order valence-electron chi connectivity index (χ0n) is 20.3. The summed E-state index contributed by atoms with van der Waals surface area (Å²) >= 11 is 0. The minimum atomic E-state index is -0.556. The van der Waals surface area contributed by atoms with Crippen LogP contribution in [0.1, 0.15) is 52.5 Å². The van der Waals surface area contributed by atoms with Crippen LogP contribution in [0.15, 0.2) is 52.9 Å². The van der Waals surface area contributed by atoms with Crippen LogP contribution in [0.2, 0.25) is 0 Å². The summed E-state index contributed by atoms with van der Waals surface area (Å²) in [7, 11) is 0. The fourth-order valence-electron chi connectivity index (χ4n) is 3.63. The minimum absolute atomic E-state index is 0.00101. The second-order valence-corrected chi connectivity index (χ2v) is 8.65. The van der Waals surface area contributed by atoms with Gasteiger partial charge in [-0.15, -0.1) is 0 Å². The van der Waals surface area contributed by atoms with Crippen molar-refractivity contribution in [1.29, 1.82) is 0 Å². The highest BCUT2D eigenvalue weighted by Gasteiger charge is 2.28. The van der Waals surface area contributed by atoms with Crippen molar-refractivity contribution in [3.8, 4) is 11.5 Å². The number of nitrogens with one attached hydrogen (secondary N) is 1. The molecular weight excluding hydrogens is 467 g/mol. The van der Waals surface area contributed by atoms with Gasteiger partial charge in [0, 0.05) is 11.6 Å². The van der Waals surface area contributed by atoms with Gasteiger partial charge in [-0.3, -0.25) is 19.3 Å². The van der Waals surface area contributed by atoms with E-state index < -0.39 is 11.6 Å². The summed E-state index contributed by atoms with van der Waals surface area (Å²) in [6, 6.07) is 12.3. The highest BCUT2D eigenvalue weighted by atomic mass is 19.1. The number of ketones is 1. The summed E-state index contributed by atoms with van der Waals surface area (Å²) in [5, 5.41) is 2.83. The van der Waals surface area contributed by atoms with Crippen molar-refractivity contribution >= 4 is 23.3 Å². The maximum absolute atomic E-state index is 13.9. The lowest BCUT2D eigenvalue weighted by Crippen LogP contribution is -2.38. The third-order valence-electron chi connectivity index (χ3n) is 5.86. The smallest absolute Gasteiger partial charge is 0.287 e. The average molecular weight is 495 g/mol. The summed E-state index contributed by atoms with van der Waals surface area (Å²) in [5.74, 6) is -0.630. The molecule has 0 aliphatic carbocycles. The van der Waals surface area contributed by atoms with Crippen LogP contribution in [-0.4, -0.2) is 36.9 Å². The molecule has 2 amide bonds. The van der Waals surface area contributed by atoms with Gasteiger partial charge in [0.1, 0.15) is 11.5 Å². The molecule has 9 heteroatoms. The van der Waals surface area contributed by atoms with Crippen molar-refractivity contribution in [2.75, 3.05) is 18.1 Å². The van der Waals surface area contributed by atoms with Gasteiger partial charge < -0.3 is 19.2 Å². The molecule has 2 aromatic carbocycles. The predicted octanol–water partition coefficient (Wildman–Crippen LogP) is 4.44. The van der Waals surface area contributed by atoms with Gasteiger partial charge in [0.25, 0.3) is 11.8 Å². The summed E-state index contributed by atoms with van der Waals surface area (Å²) in [5.41, 5.74) is 1.47. The Labute approximate surface area is 208 Å². The van der Waals surface area contributed by atoms with Crippen LogP contribution in [0.3, 0.4) is 0 Å². The van der Waals surface area contributed by atoms with Crippen molar-refractivity contribution in [3.63, 3.8) is 0 Å². The van der Waals surface area contributed by atoms with E-state index in [4.69, 9.17) is 13.9 Å². The minimum Gasteiger partial charge on any atom is -0.482 e. The number of Topliss-reactive ketones (excluding diaryl/α,β-unsaturated/α-hetero) is 1. The van der Waals surface area contributed by atoms with Crippen molar-refractivity contribution in [2.45, 2.75) is 39.8 Å². The Morgan fingerprint density at radius 3 is 2.75 bits per heavy atom. The van der Waals surface area contributed by atoms with Crippen LogP contribution >= 0.6 is 0 Å². The number of rotatable bonds is 9. The van der Waals surface area contributed by atoms with E-state index in [-0.39, 0.29) is 54.7 Å². The monoisotopic (exact) mass is 494 g/mol. The number of benzene rings is 2. The predicted molar refractivity (Wildman–Crippen MR) is 130 cm³/mol. The number of amides is 2. The molecule has 1 atom stereocenters. The van der Waals surface area contributed by atoms with E-state index >= 15 is 0 Å². The van der Waals surface area contributed by atoms with Gasteiger partial charge in [0.15, 0.2) is 36.3 Å². The molecule has 1 aromatic heterocycles. The van der Waals surface area contributed by atoms with Gasteiger partial charge >= 0.3 is 0 Å². The molecule has 0 spiro atoms. The number of hydrogen-bond donors (Lipinski definition) is 1. The number of nitrogens with zero attached hydrogens (tertiary/aromatic N) is 1. The number of aryl methyl sites for hydroxylation is 1. The van der Waals surface area contributed by atoms with E-state index in [0.29, 0.717) is 17.2 Å². The number of carbonyl (C=O) groups excluding carboxylic acids is 3. The first-order valence-corrected chi connectivity index (χ1v) is 11.6. The largest absolute Gasteiger partial charge is 0.482 e. The molecule has 2 heterocycles. The molecule has 1 aliphatic heterocycles. The van der Waals surface area contributed by atoms with Gasteiger partial charge in [0.05, 0.1) is 12.2 Å². The number of anilines is 1. The van der Waals surface area contributed by atoms with Crippen molar-refractivity contribution in [1.82, 2.24) is 5.32 Å². The van der Waals surface area contributed by atoms with Gasteiger partial charge in [0.2, 0.25) is 0 Å². The first-order valence-electron chi connectivity index (χ1n) is 11.6. The van der Waals surface area contributed by atoms with Gasteiger partial charge in [-0.2, -0.15) is 0 Å². The molecule has 0 bridgehead atoms. The van der Waals surface area contributed by atoms with Crippen molar-refractivity contribution in [3.05, 3.63) is 77.0 Å². The Kier molecular flexibility index (Phi) is 7.38. The first-order chi connectivity index (χ1) is 17.2. The van der Waals surface area contributed by atoms with Gasteiger partial charge in [-0.25, -0.2) is 4.39 Å². The lowest BCUT2D eigenvalue weighted by molar-refractivity contribution is -0.121. The number of fused-ring (bicyclic) bond motifs is 1. The maximum atomic E-state index is 13.9. The molecule has 0 saturated heterocycles. The molecule has 1 aliphatic rings. The third kappa shape index (κ3) is 5.56. The second-order valence-electron chi connectivity index (χ2n) is 8.65. The zero-order valence-corrected chi connectivity index (χ0v) is 20.3. The van der Waals surface area contributed by atoms with Crippen molar-refractivity contribution < 1.29 is 32.7 Å². The fraction of sp³-hybridized carbons (Fsp3) is 0.296. The van der Waals surface area contributed by atoms with Crippen LogP contribution in [0.4, 0.5) is 10.1 Å². The van der Waals surface area contributed by atoms with Crippen LogP contribution in [-0.2, 0) is 11.3 Å². The van der Waals surface area contributed by atoms with E-state index in [9.17, 15) is 18.8 Å². The van der Waals surface area contributed by atoms with Crippen LogP contribution in [0, 0.1) is 12.7 Å². The Morgan fingerprint density at radius 2 is 1.97 bits per heavy atom. The quantitative estimate of drug-likeness (QED) is 0.442. The van der Waals surface area contributed by atoms with E-state index in [1.54, 1.807) is 37.3 Å². The lowest BCUT2D eigenvalue weighted by atomic mass is 10.1. The summed E-state index contributed by atoms with van der Waals surface area (Å²) in [6.45, 7) is 5.16. The molecule has 0 unspecified atom stereocenters. The SMILES string of the molecule is CC[C@H](C)NC(=O)c1ccc(CN2C(=O)COc3ccc(C(=O)COc4cc(C)ccc4F)cc32)o1. The lowest BCUT2D eigenvalue weighted by Gasteiger charge is -2.29. The second kappa shape index (κ2) is 10.6. The van der Waals surface area contributed by atoms with E-state index in [1.807, 2.05) is 13.8 Å². The zero-order chi connectivity index (χ0) is 25.8. The Balaban J connectivity index is 1.50. The van der Waals surface area contributed by atoms with Crippen LogP contribution in [0.5, 0.6) is 11.5 Å². The van der Waals surface area contributed by atoms with Gasteiger partial charge in [-0.05, 0) is 68.3 Å². The highest BCUT2D eigenvalue weighted by Crippen LogP contribution is 2.34. The Hall–Kier alpha value is -4.14. The normalized spacial score (nSPS) is 13.6. The number of carbonyl (C=O) groups is 3. The molecule has 1 N–H and O–H groups in total. The molecule has 36 heavy (non-hydrogen) atoms. The van der Waals surface area contributed by atoms with E-state index in [1.165, 1.54) is 23.1 Å². The Morgan fingerprint density at radius 1 is 1.17 bits per heavy atom. The number of furan rings is 1. The Bertz CT molecular complexity index is 1300. The number of halogens is 1. The first kappa shape index (κ1) is 25.0.